The van der Waals surface area contributed by atoms with Crippen molar-refractivity contribution in [1.82, 2.24) is 0 Å². The molecule has 0 bridgehead atoms. The molecular formula is C20H20O5. The lowest BCUT2D eigenvalue weighted by Gasteiger charge is -2.29. The summed E-state index contributed by atoms with van der Waals surface area (Å²) >= 11 is 0. The third-order valence-corrected chi connectivity index (χ3v) is 4.26. The predicted octanol–water partition coefficient (Wildman–Crippen LogP) is 2.98. The monoisotopic (exact) mass is 340 g/mol. The Hall–Kier alpha value is -2.79. The molecule has 1 aliphatic rings. The Balaban J connectivity index is 1.88. The van der Waals surface area contributed by atoms with E-state index in [-0.39, 0.29) is 17.6 Å². The van der Waals surface area contributed by atoms with Crippen LogP contribution in [0.5, 0.6) is 17.2 Å². The van der Waals surface area contributed by atoms with E-state index in [0.717, 1.165) is 11.1 Å². The topological polar surface area (TPSA) is 76.0 Å². The lowest BCUT2D eigenvalue weighted by molar-refractivity contribution is 0.0319. The lowest BCUT2D eigenvalue weighted by atomic mass is 9.96. The highest BCUT2D eigenvalue weighted by atomic mass is 16.5. The smallest absolute Gasteiger partial charge is 0.186 e. The Morgan fingerprint density at radius 1 is 1.28 bits per heavy atom. The van der Waals surface area contributed by atoms with Crippen LogP contribution in [0.2, 0.25) is 0 Å². The molecule has 0 saturated carbocycles. The number of ether oxygens (including phenoxy) is 2. The molecule has 0 fully saturated rings. The standard InChI is InChI=1S/C20H20O5/c1-12-18(23)11-16-19(24-2)9-14(10-20(16)25-12)17(22)8-5-13-3-6-15(21)7-4-13/h3-10,12,18,21,23H,11H2,1-2H3. The number of fused-ring (bicyclic) bond motifs is 1. The van der Waals surface area contributed by atoms with Crippen LogP contribution in [0.4, 0.5) is 0 Å². The summed E-state index contributed by atoms with van der Waals surface area (Å²) in [4.78, 5) is 12.5. The quantitative estimate of drug-likeness (QED) is 0.661. The molecule has 0 radical (unpaired) electrons. The van der Waals surface area contributed by atoms with Gasteiger partial charge in [-0.1, -0.05) is 18.2 Å². The van der Waals surface area contributed by atoms with Crippen LogP contribution in [0, 0.1) is 0 Å². The molecule has 2 aromatic rings. The summed E-state index contributed by atoms with van der Waals surface area (Å²) < 4.78 is 11.1. The molecule has 1 aliphatic heterocycles. The maximum absolute atomic E-state index is 12.5. The molecule has 0 aromatic heterocycles. The Labute approximate surface area is 146 Å². The summed E-state index contributed by atoms with van der Waals surface area (Å²) in [5, 5.41) is 19.3. The maximum Gasteiger partial charge on any atom is 0.186 e. The number of aromatic hydroxyl groups is 1. The Morgan fingerprint density at radius 2 is 2.00 bits per heavy atom. The minimum atomic E-state index is -0.600. The number of ketones is 1. The fourth-order valence-electron chi connectivity index (χ4n) is 2.76. The van der Waals surface area contributed by atoms with Gasteiger partial charge >= 0.3 is 0 Å². The molecule has 5 heteroatoms. The molecule has 2 atom stereocenters. The zero-order valence-electron chi connectivity index (χ0n) is 14.1. The summed E-state index contributed by atoms with van der Waals surface area (Å²) in [6.45, 7) is 1.79. The molecule has 3 rings (SSSR count). The largest absolute Gasteiger partial charge is 0.508 e. The summed E-state index contributed by atoms with van der Waals surface area (Å²) in [7, 11) is 1.53. The van der Waals surface area contributed by atoms with Crippen molar-refractivity contribution in [3.63, 3.8) is 0 Å². The van der Waals surface area contributed by atoms with Crippen LogP contribution in [0.3, 0.4) is 0 Å². The van der Waals surface area contributed by atoms with Crippen LogP contribution in [-0.2, 0) is 6.42 Å². The highest BCUT2D eigenvalue weighted by Gasteiger charge is 2.28. The fourth-order valence-corrected chi connectivity index (χ4v) is 2.76. The SMILES string of the molecule is COc1cc(C(=O)C=Cc2ccc(O)cc2)cc2c1CC(O)C(C)O2. The number of aliphatic hydroxyl groups excluding tert-OH is 1. The minimum Gasteiger partial charge on any atom is -0.508 e. The number of allylic oxidation sites excluding steroid dienone is 1. The molecule has 25 heavy (non-hydrogen) atoms. The second-order valence-electron chi connectivity index (χ2n) is 6.04. The first-order valence-electron chi connectivity index (χ1n) is 8.05. The molecule has 2 N–H and O–H groups in total. The van der Waals surface area contributed by atoms with Gasteiger partial charge in [0.25, 0.3) is 0 Å². The van der Waals surface area contributed by atoms with Crippen LogP contribution >= 0.6 is 0 Å². The second-order valence-corrected chi connectivity index (χ2v) is 6.04. The van der Waals surface area contributed by atoms with Crippen molar-refractivity contribution in [3.8, 4) is 17.2 Å². The lowest BCUT2D eigenvalue weighted by Crippen LogP contribution is -2.35. The van der Waals surface area contributed by atoms with Gasteiger partial charge in [0.1, 0.15) is 23.4 Å². The van der Waals surface area contributed by atoms with E-state index in [1.165, 1.54) is 13.2 Å². The van der Waals surface area contributed by atoms with E-state index < -0.39 is 6.10 Å². The van der Waals surface area contributed by atoms with Gasteiger partial charge in [-0.2, -0.15) is 0 Å². The van der Waals surface area contributed by atoms with Gasteiger partial charge in [0.05, 0.1) is 13.2 Å². The van der Waals surface area contributed by atoms with Gasteiger partial charge in [0.2, 0.25) is 0 Å². The van der Waals surface area contributed by atoms with E-state index >= 15 is 0 Å². The number of phenols is 1. The molecule has 1 heterocycles. The molecule has 130 valence electrons. The van der Waals surface area contributed by atoms with Gasteiger partial charge in [0, 0.05) is 17.5 Å². The molecule has 2 aromatic carbocycles. The summed E-state index contributed by atoms with van der Waals surface area (Å²) in [5.41, 5.74) is 2.03. The number of methoxy groups -OCH3 is 1. The van der Waals surface area contributed by atoms with E-state index in [1.807, 2.05) is 0 Å². The Bertz CT molecular complexity index is 808. The third-order valence-electron chi connectivity index (χ3n) is 4.26. The first kappa shape index (κ1) is 17.0. The van der Waals surface area contributed by atoms with Crippen LogP contribution < -0.4 is 9.47 Å². The summed E-state index contributed by atoms with van der Waals surface area (Å²) in [6, 6.07) is 9.91. The van der Waals surface area contributed by atoms with E-state index in [0.29, 0.717) is 23.5 Å². The number of hydrogen-bond acceptors (Lipinski definition) is 5. The van der Waals surface area contributed by atoms with Crippen molar-refractivity contribution < 1.29 is 24.5 Å². The van der Waals surface area contributed by atoms with E-state index in [4.69, 9.17) is 9.47 Å². The van der Waals surface area contributed by atoms with Gasteiger partial charge in [-0.15, -0.1) is 0 Å². The van der Waals surface area contributed by atoms with Crippen LogP contribution in [-0.4, -0.2) is 35.3 Å². The Morgan fingerprint density at radius 3 is 2.68 bits per heavy atom. The van der Waals surface area contributed by atoms with E-state index in [9.17, 15) is 15.0 Å². The summed E-state index contributed by atoms with van der Waals surface area (Å²) in [6.07, 6.45) is 2.64. The molecule has 5 nitrogen and oxygen atoms in total. The number of rotatable bonds is 4. The van der Waals surface area contributed by atoms with Gasteiger partial charge in [-0.3, -0.25) is 4.79 Å². The second kappa shape index (κ2) is 6.99. The molecular weight excluding hydrogens is 320 g/mol. The predicted molar refractivity (Wildman–Crippen MR) is 94.3 cm³/mol. The highest BCUT2D eigenvalue weighted by Crippen LogP contribution is 2.36. The zero-order chi connectivity index (χ0) is 18.0. The van der Waals surface area contributed by atoms with Crippen molar-refractivity contribution in [1.29, 1.82) is 0 Å². The van der Waals surface area contributed by atoms with Crippen molar-refractivity contribution in [2.24, 2.45) is 0 Å². The normalized spacial score (nSPS) is 19.3. The first-order chi connectivity index (χ1) is 12.0. The fraction of sp³-hybridized carbons (Fsp3) is 0.250. The van der Waals surface area contributed by atoms with Crippen LogP contribution in [0.15, 0.2) is 42.5 Å². The average Bonchev–Trinajstić information content (AvgIpc) is 2.61. The number of benzene rings is 2. The highest BCUT2D eigenvalue weighted by molar-refractivity contribution is 6.07. The Kier molecular flexibility index (Phi) is 4.76. The number of aliphatic hydroxyl groups is 1. The molecule has 0 spiro atoms. The van der Waals surface area contributed by atoms with Crippen LogP contribution in [0.1, 0.15) is 28.4 Å². The molecule has 0 aliphatic carbocycles. The van der Waals surface area contributed by atoms with Gasteiger partial charge < -0.3 is 19.7 Å². The van der Waals surface area contributed by atoms with E-state index in [2.05, 4.69) is 0 Å². The number of phenolic OH excluding ortho intramolecular Hbond substituents is 1. The van der Waals surface area contributed by atoms with Crippen molar-refractivity contribution in [2.75, 3.05) is 7.11 Å². The summed E-state index contributed by atoms with van der Waals surface area (Å²) in [5.74, 6) is 1.09. The third kappa shape index (κ3) is 3.67. The first-order valence-corrected chi connectivity index (χ1v) is 8.05. The molecule has 2 unspecified atom stereocenters. The number of carbonyl (C=O) groups excluding carboxylic acids is 1. The van der Waals surface area contributed by atoms with Crippen molar-refractivity contribution >= 4 is 11.9 Å². The number of carbonyl (C=O) groups is 1. The van der Waals surface area contributed by atoms with E-state index in [1.54, 1.807) is 49.4 Å². The molecule has 0 saturated heterocycles. The zero-order valence-corrected chi connectivity index (χ0v) is 14.1. The van der Waals surface area contributed by atoms with Gasteiger partial charge in [-0.05, 0) is 42.8 Å². The minimum absolute atomic E-state index is 0.177. The van der Waals surface area contributed by atoms with Crippen molar-refractivity contribution in [3.05, 3.63) is 59.2 Å². The number of hydrogen-bond donors (Lipinski definition) is 2. The van der Waals surface area contributed by atoms with Crippen molar-refractivity contribution in [2.45, 2.75) is 25.6 Å². The van der Waals surface area contributed by atoms with Gasteiger partial charge in [0.15, 0.2) is 5.78 Å². The molecule has 0 amide bonds. The average molecular weight is 340 g/mol. The van der Waals surface area contributed by atoms with Crippen LogP contribution in [0.25, 0.3) is 6.08 Å². The maximum atomic E-state index is 12.5. The van der Waals surface area contributed by atoms with Gasteiger partial charge in [-0.25, -0.2) is 0 Å².